The molecule has 25 heavy (non-hydrogen) atoms. The summed E-state index contributed by atoms with van der Waals surface area (Å²) in [6.45, 7) is 2.28. The third kappa shape index (κ3) is 3.48. The summed E-state index contributed by atoms with van der Waals surface area (Å²) < 4.78 is 0. The number of nitrogens with zero attached hydrogens (tertiary/aromatic N) is 2. The lowest BCUT2D eigenvalue weighted by Crippen LogP contribution is -2.36. The fraction of sp³-hybridized carbons (Fsp3) is 0.238. The Morgan fingerprint density at radius 1 is 0.960 bits per heavy atom. The van der Waals surface area contributed by atoms with E-state index >= 15 is 0 Å². The molecule has 4 heteroatoms. The highest BCUT2D eigenvalue weighted by Crippen LogP contribution is 2.25. The van der Waals surface area contributed by atoms with Crippen LogP contribution in [0.5, 0.6) is 0 Å². The molecule has 0 spiro atoms. The van der Waals surface area contributed by atoms with Crippen molar-refractivity contribution in [1.29, 1.82) is 0 Å². The average Bonchev–Trinajstić information content (AvgIpc) is 3.07. The van der Waals surface area contributed by atoms with Gasteiger partial charge in [0.25, 0.3) is 0 Å². The Balaban J connectivity index is 1.69. The highest BCUT2D eigenvalue weighted by atomic mass is 16.2. The van der Waals surface area contributed by atoms with Gasteiger partial charge in [-0.2, -0.15) is 0 Å². The minimum absolute atomic E-state index is 0.0407. The first kappa shape index (κ1) is 15.6. The molecule has 0 bridgehead atoms. The molecule has 2 heterocycles. The molecule has 1 fully saturated rings. The molecule has 0 radical (unpaired) electrons. The zero-order valence-corrected chi connectivity index (χ0v) is 14.1. The molecular formula is C21H21N3O. The number of anilines is 1. The van der Waals surface area contributed by atoms with E-state index in [-0.39, 0.29) is 11.9 Å². The zero-order chi connectivity index (χ0) is 17.1. The van der Waals surface area contributed by atoms with E-state index < -0.39 is 0 Å². The summed E-state index contributed by atoms with van der Waals surface area (Å²) in [5.41, 5.74) is 4.57. The summed E-state index contributed by atoms with van der Waals surface area (Å²) in [5.74, 6) is 0.0407. The largest absolute Gasteiger partial charge is 0.361 e. The van der Waals surface area contributed by atoms with Gasteiger partial charge in [-0.1, -0.05) is 48.5 Å². The standard InChI is InChI=1S/C21H21N3O/c25-21-20(11-12-22-21)23-18-13-17(16-7-3-1-4-8-16)14-24(15-18)19-9-5-2-6-10-19/h1-10,13,20H,11-12,14-15H2,(H,22,25). The lowest BCUT2D eigenvalue weighted by molar-refractivity contribution is -0.120. The van der Waals surface area contributed by atoms with Gasteiger partial charge in [-0.3, -0.25) is 9.79 Å². The van der Waals surface area contributed by atoms with Crippen molar-refractivity contribution in [2.45, 2.75) is 12.5 Å². The van der Waals surface area contributed by atoms with Crippen molar-refractivity contribution in [3.63, 3.8) is 0 Å². The number of carbonyl (C=O) groups is 1. The van der Waals surface area contributed by atoms with Crippen LogP contribution >= 0.6 is 0 Å². The minimum Gasteiger partial charge on any atom is -0.361 e. The smallest absolute Gasteiger partial charge is 0.244 e. The summed E-state index contributed by atoms with van der Waals surface area (Å²) in [4.78, 5) is 19.0. The van der Waals surface area contributed by atoms with Gasteiger partial charge in [-0.05, 0) is 35.8 Å². The molecule has 1 amide bonds. The molecular weight excluding hydrogens is 310 g/mol. The highest BCUT2D eigenvalue weighted by Gasteiger charge is 2.25. The Morgan fingerprint density at radius 3 is 2.36 bits per heavy atom. The molecule has 0 aromatic heterocycles. The molecule has 0 saturated carbocycles. The van der Waals surface area contributed by atoms with Crippen LogP contribution in [0.1, 0.15) is 12.0 Å². The second-order valence-electron chi connectivity index (χ2n) is 6.44. The summed E-state index contributed by atoms with van der Waals surface area (Å²) in [7, 11) is 0. The molecule has 4 rings (SSSR count). The van der Waals surface area contributed by atoms with Crippen LogP contribution in [0, 0.1) is 0 Å². The van der Waals surface area contributed by atoms with Gasteiger partial charge < -0.3 is 10.2 Å². The van der Waals surface area contributed by atoms with Crippen molar-refractivity contribution >= 4 is 22.9 Å². The van der Waals surface area contributed by atoms with Gasteiger partial charge in [0.15, 0.2) is 0 Å². The van der Waals surface area contributed by atoms with Crippen LogP contribution in [-0.2, 0) is 4.79 Å². The molecule has 2 aromatic carbocycles. The maximum atomic E-state index is 11.9. The van der Waals surface area contributed by atoms with Crippen molar-refractivity contribution < 1.29 is 4.79 Å². The minimum atomic E-state index is -0.251. The highest BCUT2D eigenvalue weighted by molar-refractivity contribution is 6.07. The Kier molecular flexibility index (Phi) is 4.34. The van der Waals surface area contributed by atoms with E-state index in [1.54, 1.807) is 0 Å². The van der Waals surface area contributed by atoms with Crippen molar-refractivity contribution in [3.05, 3.63) is 72.3 Å². The normalized spacial score (nSPS) is 22.0. The number of aliphatic imine (C=N–C) groups is 1. The molecule has 1 unspecified atom stereocenters. The number of nitrogens with one attached hydrogen (secondary N) is 1. The van der Waals surface area contributed by atoms with Crippen LogP contribution in [0.3, 0.4) is 0 Å². The Morgan fingerprint density at radius 2 is 1.68 bits per heavy atom. The summed E-state index contributed by atoms with van der Waals surface area (Å²) >= 11 is 0. The van der Waals surface area contributed by atoms with Gasteiger partial charge >= 0.3 is 0 Å². The Labute approximate surface area is 147 Å². The van der Waals surface area contributed by atoms with Crippen molar-refractivity contribution in [2.75, 3.05) is 24.5 Å². The number of hydrogen-bond donors (Lipinski definition) is 1. The quantitative estimate of drug-likeness (QED) is 0.940. The van der Waals surface area contributed by atoms with E-state index in [9.17, 15) is 4.79 Å². The zero-order valence-electron chi connectivity index (χ0n) is 14.1. The number of para-hydroxylation sites is 1. The summed E-state index contributed by atoms with van der Waals surface area (Å²) in [6, 6.07) is 20.5. The van der Waals surface area contributed by atoms with Crippen LogP contribution in [0.25, 0.3) is 5.57 Å². The number of hydrogen-bond acceptors (Lipinski definition) is 3. The number of carbonyl (C=O) groups excluding carboxylic acids is 1. The van der Waals surface area contributed by atoms with Gasteiger partial charge in [0, 0.05) is 18.8 Å². The van der Waals surface area contributed by atoms with Crippen LogP contribution in [0.2, 0.25) is 0 Å². The van der Waals surface area contributed by atoms with E-state index in [2.05, 4.69) is 64.8 Å². The molecule has 1 N–H and O–H groups in total. The van der Waals surface area contributed by atoms with Crippen molar-refractivity contribution in [1.82, 2.24) is 5.32 Å². The SMILES string of the molecule is O=C1NCCC1N=C1C=C(c2ccccc2)CN(c2ccccc2)C1. The van der Waals surface area contributed by atoms with Gasteiger partial charge in [-0.15, -0.1) is 0 Å². The number of amides is 1. The molecule has 0 aliphatic carbocycles. The van der Waals surface area contributed by atoms with E-state index in [0.29, 0.717) is 0 Å². The number of benzene rings is 2. The van der Waals surface area contributed by atoms with E-state index in [0.717, 1.165) is 31.8 Å². The fourth-order valence-corrected chi connectivity index (χ4v) is 3.38. The fourth-order valence-electron chi connectivity index (χ4n) is 3.38. The van der Waals surface area contributed by atoms with Gasteiger partial charge in [0.2, 0.25) is 5.91 Å². The van der Waals surface area contributed by atoms with Gasteiger partial charge in [0.1, 0.15) is 6.04 Å². The topological polar surface area (TPSA) is 44.7 Å². The molecule has 1 saturated heterocycles. The average molecular weight is 331 g/mol. The van der Waals surface area contributed by atoms with Gasteiger partial charge in [-0.25, -0.2) is 0 Å². The van der Waals surface area contributed by atoms with Crippen molar-refractivity contribution in [2.24, 2.45) is 4.99 Å². The first-order valence-electron chi connectivity index (χ1n) is 8.70. The maximum absolute atomic E-state index is 11.9. The lowest BCUT2D eigenvalue weighted by Gasteiger charge is -2.30. The Bertz CT molecular complexity index is 812. The Hall–Kier alpha value is -2.88. The van der Waals surface area contributed by atoms with Crippen molar-refractivity contribution in [3.8, 4) is 0 Å². The maximum Gasteiger partial charge on any atom is 0.244 e. The van der Waals surface area contributed by atoms with Crippen LogP contribution in [0.4, 0.5) is 5.69 Å². The van der Waals surface area contributed by atoms with Crippen LogP contribution < -0.4 is 10.2 Å². The predicted molar refractivity (Wildman–Crippen MR) is 102 cm³/mol. The second kappa shape index (κ2) is 6.93. The molecule has 2 aromatic rings. The monoisotopic (exact) mass is 331 g/mol. The van der Waals surface area contributed by atoms with E-state index in [1.807, 2.05) is 12.1 Å². The summed E-state index contributed by atoms with van der Waals surface area (Å²) in [5, 5.41) is 2.86. The number of rotatable bonds is 3. The van der Waals surface area contributed by atoms with E-state index in [4.69, 9.17) is 4.99 Å². The van der Waals surface area contributed by atoms with E-state index in [1.165, 1.54) is 16.8 Å². The second-order valence-corrected chi connectivity index (χ2v) is 6.44. The summed E-state index contributed by atoms with van der Waals surface area (Å²) in [6.07, 6.45) is 2.93. The molecule has 2 aliphatic heterocycles. The van der Waals surface area contributed by atoms with Crippen LogP contribution in [-0.4, -0.2) is 37.3 Å². The first-order valence-corrected chi connectivity index (χ1v) is 8.70. The molecule has 4 nitrogen and oxygen atoms in total. The van der Waals surface area contributed by atoms with Gasteiger partial charge in [0.05, 0.1) is 12.3 Å². The molecule has 2 aliphatic rings. The molecule has 126 valence electrons. The van der Waals surface area contributed by atoms with Crippen LogP contribution in [0.15, 0.2) is 71.7 Å². The first-order chi connectivity index (χ1) is 12.3. The third-order valence-electron chi connectivity index (χ3n) is 4.66. The predicted octanol–water partition coefficient (Wildman–Crippen LogP) is 2.92. The lowest BCUT2D eigenvalue weighted by atomic mass is 9.99. The third-order valence-corrected chi connectivity index (χ3v) is 4.66. The molecule has 1 atom stereocenters.